The normalized spacial score (nSPS) is 20.0. The average molecular weight is 455 g/mol. The van der Waals surface area contributed by atoms with Crippen molar-refractivity contribution in [2.45, 2.75) is 16.6 Å². The third kappa shape index (κ3) is 3.99. The monoisotopic (exact) mass is 455 g/mol. The van der Waals surface area contributed by atoms with Crippen molar-refractivity contribution in [3.8, 4) is 11.5 Å². The van der Waals surface area contributed by atoms with Gasteiger partial charge in [0.25, 0.3) is 5.91 Å². The van der Waals surface area contributed by atoms with Crippen LogP contribution in [0.2, 0.25) is 0 Å². The standard InChI is InChI=1S/C19H18FNO7S2/c20-16-3-2-13(30(25,26)14-5-8-29(23,24)11-14)10-15(16)19(22)21-12-1-4-17-18(9-12)28-7-6-27-17/h1-4,9-10,14H,5-8,11H2,(H,21,22). The first-order chi connectivity index (χ1) is 14.2. The van der Waals surface area contributed by atoms with Gasteiger partial charge in [-0.25, -0.2) is 21.2 Å². The number of fused-ring (bicyclic) bond motifs is 1. The molecule has 160 valence electrons. The number of ether oxygens (including phenoxy) is 2. The lowest BCUT2D eigenvalue weighted by atomic mass is 10.2. The smallest absolute Gasteiger partial charge is 0.258 e. The van der Waals surface area contributed by atoms with Crippen LogP contribution in [0.5, 0.6) is 11.5 Å². The van der Waals surface area contributed by atoms with Gasteiger partial charge < -0.3 is 14.8 Å². The van der Waals surface area contributed by atoms with Crippen LogP contribution in [0.4, 0.5) is 10.1 Å². The third-order valence-corrected chi connectivity index (χ3v) is 9.11. The Morgan fingerprint density at radius 3 is 2.50 bits per heavy atom. The Kier molecular flexibility index (Phi) is 5.18. The molecule has 1 N–H and O–H groups in total. The van der Waals surface area contributed by atoms with Crippen LogP contribution in [-0.4, -0.2) is 52.7 Å². The molecule has 1 saturated heterocycles. The van der Waals surface area contributed by atoms with E-state index in [0.717, 1.165) is 18.2 Å². The molecule has 4 rings (SSSR count). The lowest BCUT2D eigenvalue weighted by Gasteiger charge is -2.19. The van der Waals surface area contributed by atoms with Crippen molar-refractivity contribution in [1.29, 1.82) is 0 Å². The van der Waals surface area contributed by atoms with E-state index >= 15 is 0 Å². The average Bonchev–Trinajstić information content (AvgIpc) is 3.08. The van der Waals surface area contributed by atoms with Crippen LogP contribution >= 0.6 is 0 Å². The van der Waals surface area contributed by atoms with Crippen molar-refractivity contribution in [3.63, 3.8) is 0 Å². The van der Waals surface area contributed by atoms with E-state index in [2.05, 4.69) is 5.32 Å². The molecule has 11 heteroatoms. The van der Waals surface area contributed by atoms with Gasteiger partial charge >= 0.3 is 0 Å². The molecule has 2 aromatic rings. The first-order valence-electron chi connectivity index (χ1n) is 9.11. The molecule has 0 saturated carbocycles. The molecule has 0 aliphatic carbocycles. The number of benzene rings is 2. The molecule has 1 unspecified atom stereocenters. The van der Waals surface area contributed by atoms with E-state index in [1.54, 1.807) is 12.1 Å². The van der Waals surface area contributed by atoms with Gasteiger partial charge in [-0.3, -0.25) is 4.79 Å². The second-order valence-corrected chi connectivity index (χ2v) is 11.5. The SMILES string of the molecule is O=C(Nc1ccc2c(c1)OCCO2)c1cc(S(=O)(=O)C2CCS(=O)(=O)C2)ccc1F. The van der Waals surface area contributed by atoms with Crippen molar-refractivity contribution in [3.05, 3.63) is 47.8 Å². The minimum absolute atomic E-state index is 0.0270. The molecule has 1 amide bonds. The first-order valence-corrected chi connectivity index (χ1v) is 12.5. The Morgan fingerprint density at radius 1 is 1.07 bits per heavy atom. The Labute approximate surface area is 172 Å². The first kappa shape index (κ1) is 20.6. The van der Waals surface area contributed by atoms with Crippen LogP contribution < -0.4 is 14.8 Å². The number of hydrogen-bond acceptors (Lipinski definition) is 7. The minimum Gasteiger partial charge on any atom is -0.486 e. The number of amides is 1. The maximum atomic E-state index is 14.3. The van der Waals surface area contributed by atoms with Crippen molar-refractivity contribution >= 4 is 31.3 Å². The summed E-state index contributed by atoms with van der Waals surface area (Å²) in [6, 6.07) is 7.53. The predicted molar refractivity (Wildman–Crippen MR) is 106 cm³/mol. The Balaban J connectivity index is 1.59. The van der Waals surface area contributed by atoms with E-state index in [1.807, 2.05) is 0 Å². The second kappa shape index (κ2) is 7.55. The van der Waals surface area contributed by atoms with Crippen LogP contribution in [-0.2, 0) is 19.7 Å². The number of anilines is 1. The van der Waals surface area contributed by atoms with Crippen LogP contribution in [0, 0.1) is 5.82 Å². The zero-order chi connectivity index (χ0) is 21.5. The molecule has 0 aromatic heterocycles. The summed E-state index contributed by atoms with van der Waals surface area (Å²) in [6.07, 6.45) is -0.0270. The summed E-state index contributed by atoms with van der Waals surface area (Å²) in [5.74, 6) is -1.49. The van der Waals surface area contributed by atoms with Crippen LogP contribution in [0.1, 0.15) is 16.8 Å². The van der Waals surface area contributed by atoms with Gasteiger partial charge in [-0.15, -0.1) is 0 Å². The summed E-state index contributed by atoms with van der Waals surface area (Å²) < 4.78 is 74.0. The highest BCUT2D eigenvalue weighted by molar-refractivity contribution is 7.96. The van der Waals surface area contributed by atoms with E-state index in [-0.39, 0.29) is 17.1 Å². The lowest BCUT2D eigenvalue weighted by Crippen LogP contribution is -2.23. The van der Waals surface area contributed by atoms with Gasteiger partial charge in [0.15, 0.2) is 31.2 Å². The summed E-state index contributed by atoms with van der Waals surface area (Å²) in [6.45, 7) is 0.767. The highest BCUT2D eigenvalue weighted by atomic mass is 32.2. The van der Waals surface area contributed by atoms with Gasteiger partial charge in [0.1, 0.15) is 19.0 Å². The molecule has 1 fully saturated rings. The number of hydrogen-bond donors (Lipinski definition) is 1. The number of sulfone groups is 2. The molecule has 2 heterocycles. The van der Waals surface area contributed by atoms with Crippen molar-refractivity contribution in [2.75, 3.05) is 30.0 Å². The summed E-state index contributed by atoms with van der Waals surface area (Å²) in [4.78, 5) is 12.3. The van der Waals surface area contributed by atoms with Gasteiger partial charge in [-0.05, 0) is 36.8 Å². The van der Waals surface area contributed by atoms with Crippen LogP contribution in [0.25, 0.3) is 0 Å². The fourth-order valence-electron chi connectivity index (χ4n) is 3.37. The largest absolute Gasteiger partial charge is 0.486 e. The quantitative estimate of drug-likeness (QED) is 0.699. The molecule has 2 aliphatic heterocycles. The molecule has 0 radical (unpaired) electrons. The second-order valence-electron chi connectivity index (χ2n) is 7.02. The molecular weight excluding hydrogens is 437 g/mol. The Bertz CT molecular complexity index is 1230. The van der Waals surface area contributed by atoms with Crippen molar-refractivity contribution in [1.82, 2.24) is 0 Å². The van der Waals surface area contributed by atoms with E-state index in [4.69, 9.17) is 9.47 Å². The molecule has 30 heavy (non-hydrogen) atoms. The van der Waals surface area contributed by atoms with Crippen molar-refractivity contribution in [2.24, 2.45) is 0 Å². The van der Waals surface area contributed by atoms with E-state index in [9.17, 15) is 26.0 Å². The topological polar surface area (TPSA) is 116 Å². The number of carbonyl (C=O) groups is 1. The van der Waals surface area contributed by atoms with Crippen molar-refractivity contribution < 1.29 is 35.5 Å². The molecule has 0 spiro atoms. The molecule has 2 aromatic carbocycles. The zero-order valence-electron chi connectivity index (χ0n) is 15.6. The van der Waals surface area contributed by atoms with E-state index in [1.165, 1.54) is 6.07 Å². The Morgan fingerprint density at radius 2 is 1.80 bits per heavy atom. The van der Waals surface area contributed by atoms with Gasteiger partial charge in [0, 0.05) is 11.8 Å². The van der Waals surface area contributed by atoms with E-state index in [0.29, 0.717) is 30.4 Å². The van der Waals surface area contributed by atoms with Gasteiger partial charge in [0.2, 0.25) is 0 Å². The van der Waals surface area contributed by atoms with Crippen LogP contribution in [0.15, 0.2) is 41.3 Å². The molecule has 8 nitrogen and oxygen atoms in total. The molecule has 0 bridgehead atoms. The van der Waals surface area contributed by atoms with Gasteiger partial charge in [-0.2, -0.15) is 0 Å². The molecule has 2 aliphatic rings. The number of carbonyl (C=O) groups excluding carboxylic acids is 1. The number of nitrogens with one attached hydrogen (secondary N) is 1. The summed E-state index contributed by atoms with van der Waals surface area (Å²) in [5.41, 5.74) is -0.148. The van der Waals surface area contributed by atoms with Gasteiger partial charge in [0.05, 0.1) is 27.2 Å². The summed E-state index contributed by atoms with van der Waals surface area (Å²) in [7, 11) is -7.45. The highest BCUT2D eigenvalue weighted by Crippen LogP contribution is 2.33. The lowest BCUT2D eigenvalue weighted by molar-refractivity contribution is 0.102. The predicted octanol–water partition coefficient (Wildman–Crippen LogP) is 1.81. The Hall–Kier alpha value is -2.66. The molecular formula is C19H18FNO7S2. The molecule has 1 atom stereocenters. The van der Waals surface area contributed by atoms with E-state index < -0.39 is 48.0 Å². The fourth-order valence-corrected chi connectivity index (χ4v) is 7.76. The maximum Gasteiger partial charge on any atom is 0.258 e. The summed E-state index contributed by atoms with van der Waals surface area (Å²) in [5, 5.41) is 1.40. The highest BCUT2D eigenvalue weighted by Gasteiger charge is 2.38. The fraction of sp³-hybridized carbons (Fsp3) is 0.316. The van der Waals surface area contributed by atoms with Crippen LogP contribution in [0.3, 0.4) is 0 Å². The zero-order valence-corrected chi connectivity index (χ0v) is 17.3. The third-order valence-electron chi connectivity index (χ3n) is 4.94. The summed E-state index contributed by atoms with van der Waals surface area (Å²) >= 11 is 0. The minimum atomic E-state index is -4.03. The van der Waals surface area contributed by atoms with Gasteiger partial charge in [-0.1, -0.05) is 0 Å². The maximum absolute atomic E-state index is 14.3. The number of rotatable bonds is 4. The number of halogens is 1.